The van der Waals surface area contributed by atoms with Crippen molar-refractivity contribution < 1.29 is 9.53 Å². The number of benzene rings is 1. The standard InChI is InChI=1S/C25H28N8O2/c1-25(2,3)35-24(34)33-10-8-16(9-11-33)20-13-19-21(26-14-27-22(19)30-20)29-18-7-5-6-17(12-18)23-31-28-15-32(23)4/h5-8,12-15H,9-11H2,1-4H3,(H2,26,27,29,30). The molecule has 4 heterocycles. The van der Waals surface area contributed by atoms with Gasteiger partial charge in [0.25, 0.3) is 0 Å². The summed E-state index contributed by atoms with van der Waals surface area (Å²) in [5.41, 5.74) is 4.19. The minimum atomic E-state index is -0.506. The second kappa shape index (κ2) is 8.86. The smallest absolute Gasteiger partial charge is 0.410 e. The Morgan fingerprint density at radius 3 is 2.77 bits per heavy atom. The number of hydrogen-bond donors (Lipinski definition) is 2. The van der Waals surface area contributed by atoms with Gasteiger partial charge < -0.3 is 24.5 Å². The van der Waals surface area contributed by atoms with Gasteiger partial charge in [-0.2, -0.15) is 0 Å². The van der Waals surface area contributed by atoms with Crippen molar-refractivity contribution >= 4 is 34.2 Å². The molecular formula is C25H28N8O2. The maximum absolute atomic E-state index is 12.4. The van der Waals surface area contributed by atoms with Gasteiger partial charge in [-0.1, -0.05) is 18.2 Å². The third-order valence-corrected chi connectivity index (χ3v) is 5.73. The number of nitrogens with one attached hydrogen (secondary N) is 2. The van der Waals surface area contributed by atoms with E-state index in [1.807, 2.05) is 56.7 Å². The lowest BCUT2D eigenvalue weighted by Gasteiger charge is -2.29. The molecule has 180 valence electrons. The van der Waals surface area contributed by atoms with Crippen LogP contribution in [-0.2, 0) is 11.8 Å². The highest BCUT2D eigenvalue weighted by atomic mass is 16.6. The van der Waals surface area contributed by atoms with E-state index >= 15 is 0 Å². The lowest BCUT2D eigenvalue weighted by Crippen LogP contribution is -2.39. The highest BCUT2D eigenvalue weighted by Gasteiger charge is 2.24. The molecule has 0 unspecified atom stereocenters. The molecule has 2 N–H and O–H groups in total. The van der Waals surface area contributed by atoms with E-state index in [1.165, 1.54) is 6.33 Å². The largest absolute Gasteiger partial charge is 0.444 e. The quantitative estimate of drug-likeness (QED) is 0.449. The number of hydrogen-bond acceptors (Lipinski definition) is 7. The average Bonchev–Trinajstić information content (AvgIpc) is 3.45. The summed E-state index contributed by atoms with van der Waals surface area (Å²) in [7, 11) is 1.91. The molecule has 0 saturated carbocycles. The normalized spacial score (nSPS) is 14.2. The minimum absolute atomic E-state index is 0.287. The summed E-state index contributed by atoms with van der Waals surface area (Å²) in [5.74, 6) is 1.49. The number of aryl methyl sites for hydroxylation is 1. The first-order valence-corrected chi connectivity index (χ1v) is 11.5. The summed E-state index contributed by atoms with van der Waals surface area (Å²) in [6, 6.07) is 10.0. The molecule has 0 aliphatic carbocycles. The minimum Gasteiger partial charge on any atom is -0.444 e. The van der Waals surface area contributed by atoms with Gasteiger partial charge >= 0.3 is 6.09 Å². The van der Waals surface area contributed by atoms with Crippen LogP contribution in [0.2, 0.25) is 0 Å². The first kappa shape index (κ1) is 22.6. The van der Waals surface area contributed by atoms with Crippen molar-refractivity contribution in [3.63, 3.8) is 0 Å². The van der Waals surface area contributed by atoms with Gasteiger partial charge in [0.2, 0.25) is 0 Å². The average molecular weight is 473 g/mol. The first-order chi connectivity index (χ1) is 16.8. The van der Waals surface area contributed by atoms with Crippen LogP contribution in [0.4, 0.5) is 16.3 Å². The van der Waals surface area contributed by atoms with Gasteiger partial charge in [0, 0.05) is 37.1 Å². The number of carbonyl (C=O) groups is 1. The Balaban J connectivity index is 1.36. The molecule has 3 aromatic heterocycles. The van der Waals surface area contributed by atoms with E-state index in [9.17, 15) is 4.79 Å². The number of ether oxygens (including phenoxy) is 1. The molecule has 35 heavy (non-hydrogen) atoms. The molecule has 1 aliphatic rings. The number of fused-ring (bicyclic) bond motifs is 1. The van der Waals surface area contributed by atoms with E-state index < -0.39 is 5.60 Å². The Bertz CT molecular complexity index is 1410. The molecule has 0 bridgehead atoms. The van der Waals surface area contributed by atoms with Crippen molar-refractivity contribution in [2.75, 3.05) is 18.4 Å². The van der Waals surface area contributed by atoms with Crippen molar-refractivity contribution in [3.8, 4) is 11.4 Å². The third kappa shape index (κ3) is 4.86. The van der Waals surface area contributed by atoms with Crippen molar-refractivity contribution in [2.24, 2.45) is 7.05 Å². The first-order valence-electron chi connectivity index (χ1n) is 11.5. The summed E-state index contributed by atoms with van der Waals surface area (Å²) in [6.07, 6.45) is 5.71. The fourth-order valence-corrected chi connectivity index (χ4v) is 4.04. The molecular weight excluding hydrogens is 444 g/mol. The van der Waals surface area contributed by atoms with Crippen molar-refractivity contribution in [3.05, 3.63) is 54.8 Å². The monoisotopic (exact) mass is 472 g/mol. The fraction of sp³-hybridized carbons (Fsp3) is 0.320. The van der Waals surface area contributed by atoms with Crippen LogP contribution in [0.15, 0.2) is 49.1 Å². The number of carbonyl (C=O) groups excluding carboxylic acids is 1. The topological polar surface area (TPSA) is 114 Å². The molecule has 0 fully saturated rings. The molecule has 0 saturated heterocycles. The number of anilines is 2. The summed E-state index contributed by atoms with van der Waals surface area (Å²) < 4.78 is 7.37. The number of aromatic amines is 1. The van der Waals surface area contributed by atoms with E-state index in [-0.39, 0.29) is 6.09 Å². The Labute approximate surface area is 203 Å². The Hall–Kier alpha value is -4.21. The Morgan fingerprint density at radius 2 is 2.06 bits per heavy atom. The fourth-order valence-electron chi connectivity index (χ4n) is 4.04. The van der Waals surface area contributed by atoms with E-state index in [2.05, 4.69) is 42.6 Å². The highest BCUT2D eigenvalue weighted by molar-refractivity contribution is 5.92. The van der Waals surface area contributed by atoms with E-state index in [1.54, 1.807) is 11.2 Å². The lowest BCUT2D eigenvalue weighted by atomic mass is 10.1. The van der Waals surface area contributed by atoms with Gasteiger partial charge in [0.1, 0.15) is 29.7 Å². The summed E-state index contributed by atoms with van der Waals surface area (Å²) in [5, 5.41) is 12.5. The van der Waals surface area contributed by atoms with Gasteiger partial charge in [0.15, 0.2) is 5.82 Å². The zero-order valence-corrected chi connectivity index (χ0v) is 20.2. The number of nitrogens with zero attached hydrogens (tertiary/aromatic N) is 6. The Morgan fingerprint density at radius 1 is 1.20 bits per heavy atom. The highest BCUT2D eigenvalue weighted by Crippen LogP contribution is 2.30. The lowest BCUT2D eigenvalue weighted by molar-refractivity contribution is 0.0270. The van der Waals surface area contributed by atoms with Gasteiger partial charge in [0.05, 0.1) is 5.39 Å². The predicted octanol–water partition coefficient (Wildman–Crippen LogP) is 4.52. The van der Waals surface area contributed by atoms with Gasteiger partial charge in [-0.15, -0.1) is 10.2 Å². The van der Waals surface area contributed by atoms with E-state index in [0.717, 1.165) is 45.8 Å². The van der Waals surface area contributed by atoms with E-state index in [0.29, 0.717) is 18.9 Å². The second-order valence-electron chi connectivity index (χ2n) is 9.54. The molecule has 0 spiro atoms. The number of rotatable bonds is 4. The zero-order chi connectivity index (χ0) is 24.6. The molecule has 10 heteroatoms. The van der Waals surface area contributed by atoms with Gasteiger partial charge in [-0.25, -0.2) is 14.8 Å². The molecule has 4 aromatic rings. The van der Waals surface area contributed by atoms with E-state index in [4.69, 9.17) is 4.74 Å². The van der Waals surface area contributed by atoms with Crippen LogP contribution < -0.4 is 5.32 Å². The van der Waals surface area contributed by atoms with Crippen molar-refractivity contribution in [2.45, 2.75) is 32.8 Å². The van der Waals surface area contributed by atoms with Crippen molar-refractivity contribution in [1.82, 2.24) is 34.6 Å². The number of aromatic nitrogens is 6. The maximum atomic E-state index is 12.4. The zero-order valence-electron chi connectivity index (χ0n) is 20.2. The van der Waals surface area contributed by atoms with Crippen LogP contribution in [-0.4, -0.2) is 59.4 Å². The van der Waals surface area contributed by atoms with Crippen molar-refractivity contribution in [1.29, 1.82) is 0 Å². The van der Waals surface area contributed by atoms with Crippen LogP contribution in [0.5, 0.6) is 0 Å². The maximum Gasteiger partial charge on any atom is 0.410 e. The number of H-pyrrole nitrogens is 1. The molecule has 1 aliphatic heterocycles. The number of amides is 1. The molecule has 5 rings (SSSR count). The summed E-state index contributed by atoms with van der Waals surface area (Å²) in [6.45, 7) is 6.73. The van der Waals surface area contributed by atoms with Crippen LogP contribution in [0, 0.1) is 0 Å². The predicted molar refractivity (Wildman–Crippen MR) is 134 cm³/mol. The molecule has 0 atom stereocenters. The van der Waals surface area contributed by atoms with Crippen LogP contribution in [0.1, 0.15) is 32.9 Å². The van der Waals surface area contributed by atoms with Gasteiger partial charge in [-0.3, -0.25) is 0 Å². The van der Waals surface area contributed by atoms with Crippen LogP contribution in [0.3, 0.4) is 0 Å². The SMILES string of the molecule is Cn1cnnc1-c1cccc(Nc2ncnc3[nH]c(C4=CCN(C(=O)OC(C)(C)C)CC4)cc23)c1. The molecule has 10 nitrogen and oxygen atoms in total. The molecule has 0 radical (unpaired) electrons. The molecule has 1 amide bonds. The summed E-state index contributed by atoms with van der Waals surface area (Å²) >= 11 is 0. The van der Waals surface area contributed by atoms with Crippen LogP contribution in [0.25, 0.3) is 28.0 Å². The Kier molecular flexibility index (Phi) is 5.72. The van der Waals surface area contributed by atoms with Crippen LogP contribution >= 0.6 is 0 Å². The summed E-state index contributed by atoms with van der Waals surface area (Å²) in [4.78, 5) is 26.4. The molecule has 1 aromatic carbocycles. The second-order valence-corrected chi connectivity index (χ2v) is 9.54. The van der Waals surface area contributed by atoms with Gasteiger partial charge in [-0.05, 0) is 51.0 Å². The third-order valence-electron chi connectivity index (χ3n) is 5.73.